The van der Waals surface area contributed by atoms with Gasteiger partial charge >= 0.3 is 11.9 Å². The van der Waals surface area contributed by atoms with Gasteiger partial charge < -0.3 is 4.57 Å². The number of halogens is 3. The molecule has 7 nitrogen and oxygen atoms in total. The standard InChI is InChI=1S/C17H18F3N3O4S/c1-21-10-14(15(24)22(2)16(21)25)28(26,27)23-9-5-8-13(23)11-6-3-4-7-12(11)17(18,19)20/h3-4,6-7,10,13H,5,8-9H2,1-2H3. The number of benzene rings is 1. The van der Waals surface area contributed by atoms with Crippen molar-refractivity contribution in [3.63, 3.8) is 0 Å². The second kappa shape index (κ2) is 6.89. The van der Waals surface area contributed by atoms with E-state index in [1.165, 1.54) is 25.2 Å². The minimum atomic E-state index is -4.64. The van der Waals surface area contributed by atoms with E-state index in [0.717, 1.165) is 28.2 Å². The number of hydrogen-bond donors (Lipinski definition) is 0. The number of hydrogen-bond acceptors (Lipinski definition) is 4. The van der Waals surface area contributed by atoms with Crippen LogP contribution >= 0.6 is 0 Å². The van der Waals surface area contributed by atoms with Gasteiger partial charge in [0.05, 0.1) is 11.6 Å². The predicted molar refractivity (Wildman–Crippen MR) is 94.2 cm³/mol. The largest absolute Gasteiger partial charge is 0.416 e. The second-order valence-electron chi connectivity index (χ2n) is 6.61. The predicted octanol–water partition coefficient (Wildman–Crippen LogP) is 1.63. The lowest BCUT2D eigenvalue weighted by Crippen LogP contribution is -2.42. The Kier molecular flexibility index (Phi) is 5.00. The summed E-state index contributed by atoms with van der Waals surface area (Å²) >= 11 is 0. The number of alkyl halides is 3. The van der Waals surface area contributed by atoms with Crippen molar-refractivity contribution in [2.75, 3.05) is 6.54 Å². The van der Waals surface area contributed by atoms with Gasteiger partial charge in [-0.15, -0.1) is 0 Å². The Labute approximate surface area is 158 Å². The molecule has 1 fully saturated rings. The highest BCUT2D eigenvalue weighted by Gasteiger charge is 2.42. The first-order valence-electron chi connectivity index (χ1n) is 8.41. The van der Waals surface area contributed by atoms with E-state index in [1.54, 1.807) is 0 Å². The number of aromatic nitrogens is 2. The van der Waals surface area contributed by atoms with Crippen LogP contribution in [-0.4, -0.2) is 28.4 Å². The van der Waals surface area contributed by atoms with E-state index in [9.17, 15) is 31.2 Å². The SMILES string of the molecule is Cn1cc(S(=O)(=O)N2CCCC2c2ccccc2C(F)(F)F)c(=O)n(C)c1=O. The molecule has 0 bridgehead atoms. The summed E-state index contributed by atoms with van der Waals surface area (Å²) in [4.78, 5) is 23.6. The molecule has 0 saturated carbocycles. The van der Waals surface area contributed by atoms with Gasteiger partial charge in [-0.05, 0) is 24.5 Å². The lowest BCUT2D eigenvalue weighted by Gasteiger charge is -2.26. The molecule has 2 heterocycles. The molecule has 0 radical (unpaired) electrons. The molecule has 1 aliphatic rings. The lowest BCUT2D eigenvalue weighted by atomic mass is 9.99. The molecule has 0 N–H and O–H groups in total. The molecule has 1 aromatic heterocycles. The monoisotopic (exact) mass is 417 g/mol. The Balaban J connectivity index is 2.15. The maximum absolute atomic E-state index is 13.4. The van der Waals surface area contributed by atoms with Gasteiger partial charge in [-0.1, -0.05) is 18.2 Å². The highest BCUT2D eigenvalue weighted by Crippen LogP contribution is 2.42. The quantitative estimate of drug-likeness (QED) is 0.760. The Morgan fingerprint density at radius 2 is 1.75 bits per heavy atom. The molecular formula is C17H18F3N3O4S. The maximum Gasteiger partial charge on any atom is 0.416 e. The van der Waals surface area contributed by atoms with E-state index in [-0.39, 0.29) is 18.5 Å². The van der Waals surface area contributed by atoms with Crippen LogP contribution in [0.25, 0.3) is 0 Å². The number of sulfonamides is 1. The van der Waals surface area contributed by atoms with E-state index in [1.807, 2.05) is 0 Å². The van der Waals surface area contributed by atoms with Gasteiger partial charge in [-0.2, -0.15) is 17.5 Å². The average Bonchev–Trinajstić information content (AvgIpc) is 3.12. The maximum atomic E-state index is 13.4. The minimum Gasteiger partial charge on any atom is -0.302 e. The van der Waals surface area contributed by atoms with E-state index < -0.39 is 43.9 Å². The van der Waals surface area contributed by atoms with Gasteiger partial charge in [0.25, 0.3) is 15.6 Å². The van der Waals surface area contributed by atoms with Crippen molar-refractivity contribution in [1.82, 2.24) is 13.4 Å². The molecule has 0 aliphatic carbocycles. The molecule has 1 aliphatic heterocycles. The highest BCUT2D eigenvalue weighted by atomic mass is 32.2. The summed E-state index contributed by atoms with van der Waals surface area (Å²) in [7, 11) is -1.98. The van der Waals surface area contributed by atoms with Crippen molar-refractivity contribution in [1.29, 1.82) is 0 Å². The fraction of sp³-hybridized carbons (Fsp3) is 0.412. The zero-order valence-corrected chi connectivity index (χ0v) is 15.9. The first kappa shape index (κ1) is 20.3. The summed E-state index contributed by atoms with van der Waals surface area (Å²) in [5, 5.41) is 0. The number of nitrogens with zero attached hydrogens (tertiary/aromatic N) is 3. The molecular weight excluding hydrogens is 399 g/mol. The molecule has 2 aromatic rings. The summed E-state index contributed by atoms with van der Waals surface area (Å²) < 4.78 is 69.0. The van der Waals surface area contributed by atoms with E-state index in [2.05, 4.69) is 0 Å². The first-order chi connectivity index (χ1) is 13.0. The molecule has 28 heavy (non-hydrogen) atoms. The van der Waals surface area contributed by atoms with Crippen LogP contribution in [0.3, 0.4) is 0 Å². The van der Waals surface area contributed by atoms with Crippen LogP contribution in [0.1, 0.15) is 30.0 Å². The smallest absolute Gasteiger partial charge is 0.302 e. The third kappa shape index (κ3) is 3.28. The van der Waals surface area contributed by atoms with Crippen LogP contribution < -0.4 is 11.2 Å². The van der Waals surface area contributed by atoms with Crippen molar-refractivity contribution >= 4 is 10.0 Å². The van der Waals surface area contributed by atoms with E-state index in [4.69, 9.17) is 0 Å². The van der Waals surface area contributed by atoms with Gasteiger partial charge in [-0.3, -0.25) is 9.36 Å². The summed E-state index contributed by atoms with van der Waals surface area (Å²) in [6, 6.07) is 3.76. The third-order valence-electron chi connectivity index (χ3n) is 4.83. The highest BCUT2D eigenvalue weighted by molar-refractivity contribution is 7.89. The van der Waals surface area contributed by atoms with Crippen molar-refractivity contribution < 1.29 is 21.6 Å². The number of aryl methyl sites for hydroxylation is 1. The zero-order valence-electron chi connectivity index (χ0n) is 15.1. The Bertz CT molecular complexity index is 1140. The lowest BCUT2D eigenvalue weighted by molar-refractivity contribution is -0.138. The van der Waals surface area contributed by atoms with Crippen molar-refractivity contribution in [2.45, 2.75) is 30.0 Å². The topological polar surface area (TPSA) is 81.4 Å². The van der Waals surface area contributed by atoms with E-state index >= 15 is 0 Å². The molecule has 0 spiro atoms. The molecule has 3 rings (SSSR count). The summed E-state index contributed by atoms with van der Waals surface area (Å²) in [5.41, 5.74) is -2.78. The molecule has 0 amide bonds. The van der Waals surface area contributed by atoms with Crippen LogP contribution in [-0.2, 0) is 30.3 Å². The van der Waals surface area contributed by atoms with Crippen molar-refractivity contribution in [2.24, 2.45) is 14.1 Å². The van der Waals surface area contributed by atoms with Gasteiger partial charge in [0.15, 0.2) is 4.90 Å². The van der Waals surface area contributed by atoms with Crippen LogP contribution in [0.15, 0.2) is 44.9 Å². The summed E-state index contributed by atoms with van der Waals surface area (Å²) in [6.45, 7) is -0.0226. The molecule has 1 saturated heterocycles. The van der Waals surface area contributed by atoms with E-state index in [0.29, 0.717) is 11.0 Å². The van der Waals surface area contributed by atoms with Crippen LogP contribution in [0.2, 0.25) is 0 Å². The Morgan fingerprint density at radius 3 is 2.39 bits per heavy atom. The van der Waals surface area contributed by atoms with Crippen molar-refractivity contribution in [3.05, 3.63) is 62.4 Å². The Hall–Kier alpha value is -2.40. The van der Waals surface area contributed by atoms with Gasteiger partial charge in [-0.25, -0.2) is 13.2 Å². The Morgan fingerprint density at radius 1 is 1.11 bits per heavy atom. The second-order valence-corrected chi connectivity index (χ2v) is 8.47. The van der Waals surface area contributed by atoms with Crippen molar-refractivity contribution in [3.8, 4) is 0 Å². The van der Waals surface area contributed by atoms with Crippen LogP contribution in [0, 0.1) is 0 Å². The fourth-order valence-electron chi connectivity index (χ4n) is 3.46. The third-order valence-corrected chi connectivity index (χ3v) is 6.72. The molecule has 1 aromatic carbocycles. The molecule has 11 heteroatoms. The minimum absolute atomic E-state index is 0.0226. The first-order valence-corrected chi connectivity index (χ1v) is 9.85. The molecule has 152 valence electrons. The van der Waals surface area contributed by atoms with Gasteiger partial charge in [0.2, 0.25) is 0 Å². The van der Waals surface area contributed by atoms with Crippen LogP contribution in [0.4, 0.5) is 13.2 Å². The zero-order chi connectivity index (χ0) is 20.9. The van der Waals surface area contributed by atoms with Gasteiger partial charge in [0, 0.05) is 26.8 Å². The fourth-order valence-corrected chi connectivity index (χ4v) is 5.29. The number of rotatable bonds is 3. The molecule has 1 unspecified atom stereocenters. The summed E-state index contributed by atoms with van der Waals surface area (Å²) in [6.07, 6.45) is -3.19. The van der Waals surface area contributed by atoms with Crippen LogP contribution in [0.5, 0.6) is 0 Å². The summed E-state index contributed by atoms with van der Waals surface area (Å²) in [5.74, 6) is 0. The molecule has 1 atom stereocenters. The average molecular weight is 417 g/mol. The van der Waals surface area contributed by atoms with Gasteiger partial charge in [0.1, 0.15) is 0 Å². The normalized spacial score (nSPS) is 18.5.